The Labute approximate surface area is 100 Å². The van der Waals surface area contributed by atoms with Crippen LogP contribution in [0.1, 0.15) is 18.1 Å². The van der Waals surface area contributed by atoms with Crippen molar-refractivity contribution in [3.8, 4) is 0 Å². The van der Waals surface area contributed by atoms with E-state index in [1.54, 1.807) is 0 Å². The number of benzene rings is 1. The van der Waals surface area contributed by atoms with Crippen LogP contribution in [-0.2, 0) is 6.42 Å². The lowest BCUT2D eigenvalue weighted by Crippen LogP contribution is -2.32. The monoisotopic (exact) mass is 270 g/mol. The van der Waals surface area contributed by atoms with Crippen LogP contribution >= 0.6 is 15.9 Å². The summed E-state index contributed by atoms with van der Waals surface area (Å²) in [5.41, 5.74) is 8.39. The summed E-state index contributed by atoms with van der Waals surface area (Å²) in [6.07, 6.45) is 1.05. The minimum Gasteiger partial charge on any atom is -0.327 e. The topological polar surface area (TPSA) is 38.0 Å². The molecule has 3 N–H and O–H groups in total. The Morgan fingerprint density at radius 1 is 1.47 bits per heavy atom. The van der Waals surface area contributed by atoms with Crippen LogP contribution < -0.4 is 11.1 Å². The summed E-state index contributed by atoms with van der Waals surface area (Å²) in [6.45, 7) is 6.02. The molecule has 0 aliphatic heterocycles. The molecule has 0 aliphatic rings. The van der Waals surface area contributed by atoms with Crippen LogP contribution in [0.4, 0.5) is 0 Å². The maximum Gasteiger partial charge on any atom is 0.0178 e. The number of nitrogens with one attached hydrogen (secondary N) is 1. The molecule has 1 atom stereocenters. The van der Waals surface area contributed by atoms with Crippen molar-refractivity contribution >= 4 is 15.9 Å². The summed E-state index contributed by atoms with van der Waals surface area (Å²) >= 11 is 3.49. The van der Waals surface area contributed by atoms with Crippen LogP contribution in [0.25, 0.3) is 0 Å². The number of rotatable bonds is 5. The largest absolute Gasteiger partial charge is 0.327 e. The van der Waals surface area contributed by atoms with Crippen LogP contribution in [0.3, 0.4) is 0 Å². The first kappa shape index (κ1) is 12.7. The third-order valence-corrected chi connectivity index (χ3v) is 2.84. The van der Waals surface area contributed by atoms with Crippen LogP contribution in [-0.4, -0.2) is 19.1 Å². The molecule has 2 nitrogen and oxygen atoms in total. The second-order valence-electron chi connectivity index (χ2n) is 4.00. The zero-order valence-electron chi connectivity index (χ0n) is 9.39. The summed E-state index contributed by atoms with van der Waals surface area (Å²) in [6, 6.07) is 6.64. The van der Waals surface area contributed by atoms with Gasteiger partial charge in [-0.3, -0.25) is 0 Å². The molecule has 1 aromatic carbocycles. The van der Waals surface area contributed by atoms with Gasteiger partial charge in [-0.15, -0.1) is 0 Å². The molecular formula is C12H19BrN2. The summed E-state index contributed by atoms with van der Waals surface area (Å²) in [5, 5.41) is 3.34. The Bertz CT molecular complexity index is 310. The molecule has 0 saturated heterocycles. The predicted octanol–water partition coefficient (Wildman–Crippen LogP) is 2.24. The van der Waals surface area contributed by atoms with Crippen LogP contribution in [0.15, 0.2) is 22.7 Å². The van der Waals surface area contributed by atoms with Gasteiger partial charge in [0.15, 0.2) is 0 Å². The van der Waals surface area contributed by atoms with Gasteiger partial charge in [0.05, 0.1) is 0 Å². The van der Waals surface area contributed by atoms with Crippen molar-refractivity contribution in [3.05, 3.63) is 33.8 Å². The van der Waals surface area contributed by atoms with Crippen molar-refractivity contribution in [1.29, 1.82) is 0 Å². The van der Waals surface area contributed by atoms with Crippen LogP contribution in [0.5, 0.6) is 0 Å². The predicted molar refractivity (Wildman–Crippen MR) is 69.1 cm³/mol. The molecule has 0 radical (unpaired) electrons. The maximum absolute atomic E-state index is 5.66. The van der Waals surface area contributed by atoms with Crippen molar-refractivity contribution in [3.63, 3.8) is 0 Å². The number of aryl methyl sites for hydroxylation is 1. The Morgan fingerprint density at radius 2 is 2.20 bits per heavy atom. The Kier molecular flexibility index (Phi) is 5.29. The first-order valence-corrected chi connectivity index (χ1v) is 6.10. The van der Waals surface area contributed by atoms with E-state index >= 15 is 0 Å². The molecule has 0 bridgehead atoms. The van der Waals surface area contributed by atoms with Crippen LogP contribution in [0.2, 0.25) is 0 Å². The van der Waals surface area contributed by atoms with Crippen molar-refractivity contribution in [2.75, 3.05) is 13.1 Å². The van der Waals surface area contributed by atoms with Gasteiger partial charge in [0.2, 0.25) is 0 Å². The van der Waals surface area contributed by atoms with E-state index < -0.39 is 0 Å². The fraction of sp³-hybridized carbons (Fsp3) is 0.500. The molecule has 0 spiro atoms. The summed E-state index contributed by atoms with van der Waals surface area (Å²) < 4.78 is 1.15. The zero-order chi connectivity index (χ0) is 11.3. The molecule has 0 fully saturated rings. The van der Waals surface area contributed by atoms with Gasteiger partial charge in [0.25, 0.3) is 0 Å². The van der Waals surface area contributed by atoms with Gasteiger partial charge in [0, 0.05) is 17.1 Å². The minimum absolute atomic E-state index is 0.230. The van der Waals surface area contributed by atoms with Gasteiger partial charge in [-0.1, -0.05) is 22.0 Å². The Balaban J connectivity index is 2.40. The van der Waals surface area contributed by atoms with E-state index in [0.29, 0.717) is 0 Å². The third kappa shape index (κ3) is 4.78. The Morgan fingerprint density at radius 3 is 2.87 bits per heavy atom. The quantitative estimate of drug-likeness (QED) is 0.806. The molecule has 3 heteroatoms. The molecule has 0 amide bonds. The summed E-state index contributed by atoms with van der Waals surface area (Å²) in [4.78, 5) is 0. The lowest BCUT2D eigenvalue weighted by Gasteiger charge is -2.09. The normalized spacial score (nSPS) is 12.8. The summed E-state index contributed by atoms with van der Waals surface area (Å²) in [5.74, 6) is 0. The highest BCUT2D eigenvalue weighted by atomic mass is 79.9. The van der Waals surface area contributed by atoms with Crippen molar-refractivity contribution in [2.24, 2.45) is 5.73 Å². The molecule has 1 aromatic rings. The average molecular weight is 271 g/mol. The number of hydrogen-bond acceptors (Lipinski definition) is 2. The van der Waals surface area contributed by atoms with E-state index in [0.717, 1.165) is 24.0 Å². The Hall–Kier alpha value is -0.380. The number of hydrogen-bond donors (Lipinski definition) is 2. The first-order chi connectivity index (χ1) is 7.09. The highest BCUT2D eigenvalue weighted by Gasteiger charge is 1.99. The highest BCUT2D eigenvalue weighted by molar-refractivity contribution is 9.10. The molecular weight excluding hydrogens is 252 g/mol. The molecule has 0 heterocycles. The van der Waals surface area contributed by atoms with Gasteiger partial charge < -0.3 is 11.1 Å². The molecule has 84 valence electrons. The number of nitrogens with two attached hydrogens (primary N) is 1. The van der Waals surface area contributed by atoms with E-state index in [2.05, 4.69) is 46.4 Å². The van der Waals surface area contributed by atoms with E-state index in [-0.39, 0.29) is 6.04 Å². The maximum atomic E-state index is 5.66. The highest BCUT2D eigenvalue weighted by Crippen LogP contribution is 2.16. The standard InChI is InChI=1S/C12H19BrN2/c1-9-3-4-12(13)7-11(9)5-6-15-8-10(2)14/h3-4,7,10,15H,5-6,8,14H2,1-2H3. The zero-order valence-corrected chi connectivity index (χ0v) is 11.0. The van der Waals surface area contributed by atoms with Gasteiger partial charge >= 0.3 is 0 Å². The molecule has 0 aromatic heterocycles. The average Bonchev–Trinajstić information content (AvgIpc) is 2.17. The molecule has 1 rings (SSSR count). The minimum atomic E-state index is 0.230. The van der Waals surface area contributed by atoms with E-state index in [1.165, 1.54) is 11.1 Å². The third-order valence-electron chi connectivity index (χ3n) is 2.35. The van der Waals surface area contributed by atoms with Gasteiger partial charge in [0.1, 0.15) is 0 Å². The SMILES string of the molecule is Cc1ccc(Br)cc1CCNCC(C)N. The van der Waals surface area contributed by atoms with Gasteiger partial charge in [-0.25, -0.2) is 0 Å². The lowest BCUT2D eigenvalue weighted by atomic mass is 10.1. The van der Waals surface area contributed by atoms with Crippen molar-refractivity contribution in [1.82, 2.24) is 5.32 Å². The molecule has 1 unspecified atom stereocenters. The molecule has 0 saturated carbocycles. The van der Waals surface area contributed by atoms with Crippen LogP contribution in [0, 0.1) is 6.92 Å². The second-order valence-corrected chi connectivity index (χ2v) is 4.92. The second kappa shape index (κ2) is 6.26. The van der Waals surface area contributed by atoms with Gasteiger partial charge in [-0.05, 0) is 50.1 Å². The molecule has 15 heavy (non-hydrogen) atoms. The van der Waals surface area contributed by atoms with E-state index in [1.807, 2.05) is 6.92 Å². The summed E-state index contributed by atoms with van der Waals surface area (Å²) in [7, 11) is 0. The smallest absolute Gasteiger partial charge is 0.0178 e. The fourth-order valence-corrected chi connectivity index (χ4v) is 1.87. The first-order valence-electron chi connectivity index (χ1n) is 5.31. The lowest BCUT2D eigenvalue weighted by molar-refractivity contribution is 0.608. The van der Waals surface area contributed by atoms with E-state index in [4.69, 9.17) is 5.73 Å². The van der Waals surface area contributed by atoms with Gasteiger partial charge in [-0.2, -0.15) is 0 Å². The number of halogens is 1. The molecule has 0 aliphatic carbocycles. The van der Waals surface area contributed by atoms with E-state index in [9.17, 15) is 0 Å². The fourth-order valence-electron chi connectivity index (χ4n) is 1.46. The van der Waals surface area contributed by atoms with Crippen molar-refractivity contribution < 1.29 is 0 Å². The van der Waals surface area contributed by atoms with Crippen molar-refractivity contribution in [2.45, 2.75) is 26.3 Å².